The van der Waals surface area contributed by atoms with Crippen LogP contribution in [0.2, 0.25) is 0 Å². The Balaban J connectivity index is 1.80. The number of methoxy groups -OCH3 is 1. The molecule has 0 amide bonds. The normalized spacial score (nSPS) is 20.3. The Kier molecular flexibility index (Phi) is 4.47. The third kappa shape index (κ3) is 3.22. The Labute approximate surface area is 140 Å². The monoisotopic (exact) mass is 334 g/mol. The number of ether oxygens (including phenoxy) is 2. The van der Waals surface area contributed by atoms with Crippen LogP contribution in [0.1, 0.15) is 25.3 Å². The topological polar surface area (TPSA) is 85.1 Å². The fourth-order valence-corrected chi connectivity index (χ4v) is 3.34. The summed E-state index contributed by atoms with van der Waals surface area (Å²) in [5.41, 5.74) is 0.246. The zero-order valence-electron chi connectivity index (χ0n) is 13.9. The van der Waals surface area contributed by atoms with E-state index in [1.807, 2.05) is 12.2 Å². The molecule has 1 spiro atoms. The van der Waals surface area contributed by atoms with Gasteiger partial charge in [0.1, 0.15) is 11.4 Å². The quantitative estimate of drug-likeness (QED) is 0.671. The minimum Gasteiger partial charge on any atom is -0.490 e. The number of benzene rings is 1. The number of β-amino-alcohol motifs (C(OH)–C–C–N with tert-alkyl or cyclic N) is 1. The molecule has 0 aromatic heterocycles. The Morgan fingerprint density at radius 1 is 1.46 bits per heavy atom. The summed E-state index contributed by atoms with van der Waals surface area (Å²) in [4.78, 5) is 12.9. The number of aliphatic hydroxyl groups is 1. The van der Waals surface area contributed by atoms with Crippen molar-refractivity contribution < 1.29 is 19.5 Å². The molecule has 24 heavy (non-hydrogen) atoms. The third-order valence-electron chi connectivity index (χ3n) is 4.61. The molecule has 3 rings (SSSR count). The molecule has 7 heteroatoms. The molecule has 1 aromatic rings. The summed E-state index contributed by atoms with van der Waals surface area (Å²) < 4.78 is 11.3. The van der Waals surface area contributed by atoms with E-state index < -0.39 is 4.92 Å². The molecule has 130 valence electrons. The first-order valence-corrected chi connectivity index (χ1v) is 8.07. The number of likely N-dealkylation sites (tertiary alicyclic amines) is 1. The summed E-state index contributed by atoms with van der Waals surface area (Å²) in [6, 6.07) is 3.08. The molecule has 1 atom stereocenters. The molecule has 0 radical (unpaired) electrons. The van der Waals surface area contributed by atoms with Crippen molar-refractivity contribution in [1.29, 1.82) is 0 Å². The predicted molar refractivity (Wildman–Crippen MR) is 89.4 cm³/mol. The van der Waals surface area contributed by atoms with Crippen LogP contribution < -0.4 is 9.47 Å². The summed E-state index contributed by atoms with van der Waals surface area (Å²) >= 11 is 0. The van der Waals surface area contributed by atoms with Gasteiger partial charge in [0.05, 0.1) is 18.1 Å². The van der Waals surface area contributed by atoms with Gasteiger partial charge in [-0.25, -0.2) is 0 Å². The Bertz CT molecular complexity index is 663. The highest BCUT2D eigenvalue weighted by atomic mass is 16.6. The van der Waals surface area contributed by atoms with Crippen molar-refractivity contribution in [2.24, 2.45) is 0 Å². The zero-order valence-corrected chi connectivity index (χ0v) is 13.9. The molecule has 0 saturated carbocycles. The van der Waals surface area contributed by atoms with Crippen LogP contribution in [0.15, 0.2) is 18.2 Å². The third-order valence-corrected chi connectivity index (χ3v) is 4.61. The smallest absolute Gasteiger partial charge is 0.311 e. The van der Waals surface area contributed by atoms with Crippen molar-refractivity contribution in [2.75, 3.05) is 26.7 Å². The fraction of sp³-hybridized carbons (Fsp3) is 0.529. The molecule has 2 aliphatic rings. The van der Waals surface area contributed by atoms with Crippen molar-refractivity contribution in [1.82, 2.24) is 4.90 Å². The van der Waals surface area contributed by atoms with Gasteiger partial charge >= 0.3 is 5.69 Å². The predicted octanol–water partition coefficient (Wildman–Crippen LogP) is 2.22. The van der Waals surface area contributed by atoms with Crippen LogP contribution in [-0.4, -0.2) is 53.4 Å². The Hall–Kier alpha value is -2.12. The van der Waals surface area contributed by atoms with Crippen molar-refractivity contribution >= 4 is 11.8 Å². The molecular formula is C17H22N2O5. The highest BCUT2D eigenvalue weighted by molar-refractivity contribution is 5.68. The van der Waals surface area contributed by atoms with Gasteiger partial charge in [0.2, 0.25) is 5.75 Å². The number of aliphatic hydroxyl groups excluding tert-OH is 1. The Morgan fingerprint density at radius 3 is 2.75 bits per heavy atom. The van der Waals surface area contributed by atoms with Crippen molar-refractivity contribution in [2.45, 2.75) is 31.5 Å². The van der Waals surface area contributed by atoms with Crippen molar-refractivity contribution in [3.8, 4) is 11.5 Å². The van der Waals surface area contributed by atoms with Crippen LogP contribution in [0, 0.1) is 10.1 Å². The first-order valence-electron chi connectivity index (χ1n) is 8.07. The first-order chi connectivity index (χ1) is 11.4. The Morgan fingerprint density at radius 2 is 2.17 bits per heavy atom. The molecule has 1 fully saturated rings. The standard InChI is InChI=1S/C17H22N2O5/c1-12(20)11-18-7-5-17(6-8-18)4-3-13-9-14(19(21)22)16(23-2)10-15(13)24-17/h3-4,9-10,12,20H,5-8,11H2,1-2H3/t12-/m0/s1. The lowest BCUT2D eigenvalue weighted by Crippen LogP contribution is -2.49. The van der Waals surface area contributed by atoms with E-state index in [-0.39, 0.29) is 23.1 Å². The maximum absolute atomic E-state index is 11.1. The lowest BCUT2D eigenvalue weighted by molar-refractivity contribution is -0.385. The zero-order chi connectivity index (χ0) is 17.3. The van der Waals surface area contributed by atoms with E-state index >= 15 is 0 Å². The number of piperidine rings is 1. The molecule has 1 saturated heterocycles. The van der Waals surface area contributed by atoms with E-state index in [2.05, 4.69) is 4.90 Å². The molecule has 2 aliphatic heterocycles. The highest BCUT2D eigenvalue weighted by Gasteiger charge is 2.37. The number of hydrogen-bond acceptors (Lipinski definition) is 6. The average molecular weight is 334 g/mol. The van der Waals surface area contributed by atoms with E-state index in [0.717, 1.165) is 25.9 Å². The summed E-state index contributed by atoms with van der Waals surface area (Å²) in [5.74, 6) is 0.819. The maximum atomic E-state index is 11.1. The van der Waals surface area contributed by atoms with Gasteiger partial charge in [-0.05, 0) is 13.0 Å². The van der Waals surface area contributed by atoms with E-state index in [4.69, 9.17) is 9.47 Å². The van der Waals surface area contributed by atoms with Crippen LogP contribution in [0.25, 0.3) is 6.08 Å². The van der Waals surface area contributed by atoms with Crippen molar-refractivity contribution in [3.05, 3.63) is 33.9 Å². The number of nitro benzene ring substituents is 1. The molecule has 1 N–H and O–H groups in total. The molecule has 7 nitrogen and oxygen atoms in total. The second kappa shape index (κ2) is 6.41. The number of nitrogens with zero attached hydrogens (tertiary/aromatic N) is 2. The van der Waals surface area contributed by atoms with E-state index in [9.17, 15) is 15.2 Å². The number of rotatable bonds is 4. The average Bonchev–Trinajstić information content (AvgIpc) is 2.55. The largest absolute Gasteiger partial charge is 0.490 e. The SMILES string of the molecule is COc1cc2c(cc1[N+](=O)[O-])C=CC1(CCN(C[C@H](C)O)CC1)O2. The molecule has 0 unspecified atom stereocenters. The summed E-state index contributed by atoms with van der Waals surface area (Å²) in [7, 11) is 1.41. The second-order valence-corrected chi connectivity index (χ2v) is 6.47. The van der Waals surface area contributed by atoms with Gasteiger partial charge < -0.3 is 19.5 Å². The van der Waals surface area contributed by atoms with Crippen LogP contribution in [0.3, 0.4) is 0 Å². The maximum Gasteiger partial charge on any atom is 0.311 e. The van der Waals surface area contributed by atoms with Gasteiger partial charge in [0, 0.05) is 50.2 Å². The van der Waals surface area contributed by atoms with Crippen LogP contribution in [0.5, 0.6) is 11.5 Å². The van der Waals surface area contributed by atoms with Crippen LogP contribution in [-0.2, 0) is 0 Å². The van der Waals surface area contributed by atoms with Gasteiger partial charge in [-0.15, -0.1) is 0 Å². The highest BCUT2D eigenvalue weighted by Crippen LogP contribution is 2.42. The van der Waals surface area contributed by atoms with Crippen molar-refractivity contribution in [3.63, 3.8) is 0 Å². The van der Waals surface area contributed by atoms with E-state index in [0.29, 0.717) is 17.9 Å². The summed E-state index contributed by atoms with van der Waals surface area (Å²) in [6.07, 6.45) is 5.19. The fourth-order valence-electron chi connectivity index (χ4n) is 3.34. The molecule has 2 heterocycles. The minimum absolute atomic E-state index is 0.0628. The van der Waals surface area contributed by atoms with Gasteiger partial charge in [-0.3, -0.25) is 10.1 Å². The summed E-state index contributed by atoms with van der Waals surface area (Å²) in [5, 5.41) is 20.6. The van der Waals surface area contributed by atoms with Gasteiger partial charge in [-0.2, -0.15) is 0 Å². The van der Waals surface area contributed by atoms with E-state index in [1.54, 1.807) is 13.0 Å². The molecule has 1 aromatic carbocycles. The molecule has 0 bridgehead atoms. The van der Waals surface area contributed by atoms with Gasteiger partial charge in [-0.1, -0.05) is 6.08 Å². The minimum atomic E-state index is -0.453. The number of fused-ring (bicyclic) bond motifs is 1. The second-order valence-electron chi connectivity index (χ2n) is 6.47. The lowest BCUT2D eigenvalue weighted by atomic mass is 9.88. The summed E-state index contributed by atoms with van der Waals surface area (Å²) in [6.45, 7) is 4.14. The number of nitro groups is 1. The number of hydrogen-bond donors (Lipinski definition) is 1. The van der Waals surface area contributed by atoms with Gasteiger partial charge in [0.15, 0.2) is 0 Å². The molecular weight excluding hydrogens is 312 g/mol. The lowest BCUT2D eigenvalue weighted by Gasteiger charge is -2.42. The molecule has 0 aliphatic carbocycles. The van der Waals surface area contributed by atoms with Crippen LogP contribution >= 0.6 is 0 Å². The first kappa shape index (κ1) is 16.7. The van der Waals surface area contributed by atoms with Gasteiger partial charge in [0.25, 0.3) is 0 Å². The van der Waals surface area contributed by atoms with E-state index in [1.165, 1.54) is 13.2 Å². The van der Waals surface area contributed by atoms with Crippen LogP contribution in [0.4, 0.5) is 5.69 Å².